The zero-order valence-corrected chi connectivity index (χ0v) is 16.6. The van der Waals surface area contributed by atoms with Gasteiger partial charge in [-0.2, -0.15) is 0 Å². The fraction of sp³-hybridized carbons (Fsp3) is 0.412. The highest BCUT2D eigenvalue weighted by atomic mass is 32.2. The summed E-state index contributed by atoms with van der Waals surface area (Å²) in [5.74, 6) is -0.684. The Morgan fingerprint density at radius 1 is 1.15 bits per heavy atom. The molecule has 6 nitrogen and oxygen atoms in total. The van der Waals surface area contributed by atoms with Gasteiger partial charge in [0, 0.05) is 14.6 Å². The number of hydroxylamine groups is 1. The highest BCUT2D eigenvalue weighted by molar-refractivity contribution is 7.92. The van der Waals surface area contributed by atoms with Gasteiger partial charge in [-0.25, -0.2) is 13.9 Å². The van der Waals surface area contributed by atoms with Crippen LogP contribution in [0.1, 0.15) is 47.2 Å². The van der Waals surface area contributed by atoms with Gasteiger partial charge in [-0.05, 0) is 44.0 Å². The van der Waals surface area contributed by atoms with Crippen molar-refractivity contribution in [3.63, 3.8) is 0 Å². The number of hydrogen-bond acceptors (Lipinski definition) is 7. The monoisotopic (exact) mass is 413 g/mol. The molecular weight excluding hydrogens is 394 g/mol. The van der Waals surface area contributed by atoms with E-state index in [0.717, 1.165) is 9.75 Å². The Hall–Kier alpha value is -1.55. The third-order valence-corrected chi connectivity index (χ3v) is 10.0. The first-order chi connectivity index (χ1) is 12.3. The Labute approximate surface area is 159 Å². The second kappa shape index (κ2) is 7.22. The van der Waals surface area contributed by atoms with E-state index in [0.29, 0.717) is 29.0 Å². The van der Waals surface area contributed by atoms with Crippen LogP contribution in [0.5, 0.6) is 0 Å². The molecule has 1 aliphatic heterocycles. The third kappa shape index (κ3) is 3.36. The van der Waals surface area contributed by atoms with E-state index in [4.69, 9.17) is 5.21 Å². The number of carbonyl (C=O) groups excluding carboxylic acids is 2. The maximum absolute atomic E-state index is 12.9. The molecule has 9 heteroatoms. The average Bonchev–Trinajstić information content (AvgIpc) is 3.25. The van der Waals surface area contributed by atoms with Gasteiger partial charge in [0.2, 0.25) is 5.91 Å². The van der Waals surface area contributed by atoms with Crippen LogP contribution in [0.4, 0.5) is 0 Å². The summed E-state index contributed by atoms with van der Waals surface area (Å²) in [6, 6.07) is 7.19. The molecule has 0 spiro atoms. The Balaban J connectivity index is 2.04. The van der Waals surface area contributed by atoms with Crippen molar-refractivity contribution in [3.8, 4) is 9.75 Å². The maximum Gasteiger partial charge on any atom is 0.245 e. The fourth-order valence-corrected chi connectivity index (χ4v) is 8.06. The highest BCUT2D eigenvalue weighted by Gasteiger charge is 2.49. The fourth-order valence-electron chi connectivity index (χ4n) is 3.29. The molecule has 2 N–H and O–H groups in total. The number of hydrogen-bond donors (Lipinski definition) is 2. The van der Waals surface area contributed by atoms with E-state index < -0.39 is 20.5 Å². The van der Waals surface area contributed by atoms with Crippen molar-refractivity contribution < 1.29 is 23.2 Å². The molecule has 0 radical (unpaired) electrons. The minimum atomic E-state index is -3.53. The zero-order valence-electron chi connectivity index (χ0n) is 14.1. The Bertz CT molecular complexity index is 943. The van der Waals surface area contributed by atoms with Gasteiger partial charge in [0.25, 0.3) is 0 Å². The summed E-state index contributed by atoms with van der Waals surface area (Å²) in [7, 11) is -3.53. The van der Waals surface area contributed by atoms with Crippen molar-refractivity contribution in [2.75, 3.05) is 5.75 Å². The van der Waals surface area contributed by atoms with Crippen LogP contribution in [-0.4, -0.2) is 31.1 Å². The van der Waals surface area contributed by atoms with Gasteiger partial charge in [0.05, 0.1) is 17.1 Å². The molecule has 1 amide bonds. The van der Waals surface area contributed by atoms with Gasteiger partial charge in [-0.15, -0.1) is 22.7 Å². The Morgan fingerprint density at radius 3 is 2.46 bits per heavy atom. The first-order valence-corrected chi connectivity index (χ1v) is 11.4. The Morgan fingerprint density at radius 2 is 1.85 bits per heavy atom. The lowest BCUT2D eigenvalue weighted by molar-refractivity contribution is -0.130. The molecule has 1 atom stereocenters. The number of sulfone groups is 1. The summed E-state index contributed by atoms with van der Waals surface area (Å²) < 4.78 is 24.5. The van der Waals surface area contributed by atoms with Gasteiger partial charge >= 0.3 is 0 Å². The predicted octanol–water partition coefficient (Wildman–Crippen LogP) is 3.37. The number of rotatable bonds is 5. The first kappa shape index (κ1) is 19.2. The molecule has 2 aromatic rings. The van der Waals surface area contributed by atoms with Gasteiger partial charge in [-0.1, -0.05) is 6.42 Å². The van der Waals surface area contributed by atoms with Crippen molar-refractivity contribution in [3.05, 3.63) is 34.0 Å². The molecule has 1 saturated heterocycles. The molecule has 26 heavy (non-hydrogen) atoms. The van der Waals surface area contributed by atoms with E-state index in [9.17, 15) is 18.0 Å². The third-order valence-electron chi connectivity index (χ3n) is 4.66. The van der Waals surface area contributed by atoms with Crippen LogP contribution in [0.15, 0.2) is 24.3 Å². The summed E-state index contributed by atoms with van der Waals surface area (Å²) in [6.45, 7) is 1.51. The standard InChI is InChI=1S/C17H19NO5S3/c1-11(19)12-4-5-13(24-12)14-6-7-15(25-14)17(10-16(20)18-21)8-2-3-9-26(17,22)23/h4-7,21H,2-3,8-10H2,1H3,(H,18,20)/t17-/m0/s1. The Kier molecular flexibility index (Phi) is 5.34. The molecule has 0 unspecified atom stereocenters. The lowest BCUT2D eigenvalue weighted by atomic mass is 9.94. The van der Waals surface area contributed by atoms with E-state index in [2.05, 4.69) is 0 Å². The average molecular weight is 414 g/mol. The summed E-state index contributed by atoms with van der Waals surface area (Å²) in [4.78, 5) is 26.4. The SMILES string of the molecule is CC(=O)c1ccc(-c2ccc([C@@]3(CC(=O)NO)CCCCS3(=O)=O)s2)s1. The molecule has 0 bridgehead atoms. The minimum absolute atomic E-state index is 0.0102. The van der Waals surface area contributed by atoms with Crippen molar-refractivity contribution in [2.24, 2.45) is 0 Å². The van der Waals surface area contributed by atoms with Crippen LogP contribution >= 0.6 is 22.7 Å². The number of thiophene rings is 2. The maximum atomic E-state index is 12.9. The van der Waals surface area contributed by atoms with E-state index in [1.165, 1.54) is 29.6 Å². The normalized spacial score (nSPS) is 22.1. The second-order valence-corrected chi connectivity index (χ2v) is 11.0. The molecule has 140 valence electrons. The van der Waals surface area contributed by atoms with E-state index in [1.54, 1.807) is 17.6 Å². The van der Waals surface area contributed by atoms with E-state index in [-0.39, 0.29) is 18.0 Å². The molecule has 3 rings (SSSR count). The minimum Gasteiger partial charge on any atom is -0.294 e. The quantitative estimate of drug-likeness (QED) is 0.445. The number of amides is 1. The molecule has 0 saturated carbocycles. The number of Topliss-reactive ketones (excluding diaryl/α,β-unsaturated/α-hetero) is 1. The van der Waals surface area contributed by atoms with Crippen LogP contribution in [-0.2, 0) is 19.4 Å². The molecule has 3 heterocycles. The van der Waals surface area contributed by atoms with Crippen molar-refractivity contribution in [1.82, 2.24) is 5.48 Å². The van der Waals surface area contributed by atoms with Crippen LogP contribution < -0.4 is 5.48 Å². The van der Waals surface area contributed by atoms with Crippen LogP contribution in [0.25, 0.3) is 9.75 Å². The number of nitrogens with one attached hydrogen (secondary N) is 1. The lowest BCUT2D eigenvalue weighted by Crippen LogP contribution is -2.43. The zero-order chi connectivity index (χ0) is 18.9. The van der Waals surface area contributed by atoms with Crippen LogP contribution in [0.3, 0.4) is 0 Å². The topological polar surface area (TPSA) is 101 Å². The van der Waals surface area contributed by atoms with Gasteiger partial charge in [0.1, 0.15) is 4.75 Å². The summed E-state index contributed by atoms with van der Waals surface area (Å²) in [5.41, 5.74) is 1.56. The van der Waals surface area contributed by atoms with Crippen LogP contribution in [0.2, 0.25) is 0 Å². The smallest absolute Gasteiger partial charge is 0.245 e. The van der Waals surface area contributed by atoms with Crippen molar-refractivity contribution in [1.29, 1.82) is 0 Å². The molecule has 1 aliphatic rings. The molecule has 2 aromatic heterocycles. The van der Waals surface area contributed by atoms with E-state index in [1.807, 2.05) is 12.1 Å². The van der Waals surface area contributed by atoms with Gasteiger partial charge < -0.3 is 0 Å². The number of carbonyl (C=O) groups is 2. The molecule has 1 fully saturated rings. The first-order valence-electron chi connectivity index (χ1n) is 8.16. The lowest BCUT2D eigenvalue weighted by Gasteiger charge is -2.35. The van der Waals surface area contributed by atoms with Gasteiger partial charge in [-0.3, -0.25) is 14.8 Å². The van der Waals surface area contributed by atoms with Crippen LogP contribution in [0, 0.1) is 0 Å². The number of ketones is 1. The van der Waals surface area contributed by atoms with Crippen molar-refractivity contribution >= 4 is 44.2 Å². The largest absolute Gasteiger partial charge is 0.294 e. The van der Waals surface area contributed by atoms with Crippen molar-refractivity contribution in [2.45, 2.75) is 37.4 Å². The molecule has 0 aliphatic carbocycles. The predicted molar refractivity (Wildman–Crippen MR) is 101 cm³/mol. The summed E-state index contributed by atoms with van der Waals surface area (Å²) >= 11 is 2.69. The summed E-state index contributed by atoms with van der Waals surface area (Å²) in [5, 5.41) is 8.91. The summed E-state index contributed by atoms with van der Waals surface area (Å²) in [6.07, 6.45) is 1.34. The van der Waals surface area contributed by atoms with Gasteiger partial charge in [0.15, 0.2) is 15.6 Å². The highest BCUT2D eigenvalue weighted by Crippen LogP contribution is 2.47. The molecular formula is C17H19NO5S3. The molecule has 0 aromatic carbocycles. The second-order valence-electron chi connectivity index (χ2n) is 6.37. The van der Waals surface area contributed by atoms with E-state index >= 15 is 0 Å².